The van der Waals surface area contributed by atoms with Gasteiger partial charge in [-0.25, -0.2) is 0 Å². The van der Waals surface area contributed by atoms with Crippen LogP contribution in [-0.4, -0.2) is 6.71 Å². The van der Waals surface area contributed by atoms with Gasteiger partial charge in [-0.15, -0.1) is 0 Å². The summed E-state index contributed by atoms with van der Waals surface area (Å²) in [6.07, 6.45) is 16.8. The quantitative estimate of drug-likeness (QED) is 0.264. The summed E-state index contributed by atoms with van der Waals surface area (Å²) in [4.78, 5) is 0. The second-order valence-corrected chi connectivity index (χ2v) is 7.92. The Labute approximate surface area is 152 Å². The molecule has 0 aliphatic rings. The first-order valence-corrected chi connectivity index (χ1v) is 10.7. The predicted molar refractivity (Wildman–Crippen MR) is 113 cm³/mol. The van der Waals surface area contributed by atoms with E-state index in [0.29, 0.717) is 0 Å². The van der Waals surface area contributed by atoms with E-state index >= 15 is 0 Å². The topological polar surface area (TPSA) is 0 Å². The fraction of sp³-hybridized carbons (Fsp3) is 0.739. The van der Waals surface area contributed by atoms with E-state index in [-0.39, 0.29) is 0 Å². The summed E-state index contributed by atoms with van der Waals surface area (Å²) in [5.41, 5.74) is 6.14. The molecule has 0 fully saturated rings. The predicted octanol–water partition coefficient (Wildman–Crippen LogP) is 7.25. The molecule has 0 spiro atoms. The average Bonchev–Trinajstić information content (AvgIpc) is 2.53. The maximum atomic E-state index is 2.39. The van der Waals surface area contributed by atoms with Gasteiger partial charge in [0, 0.05) is 0 Å². The molecule has 1 aromatic carbocycles. The third-order valence-corrected chi connectivity index (χ3v) is 5.46. The van der Waals surface area contributed by atoms with Gasteiger partial charge >= 0.3 is 0 Å². The Morgan fingerprint density at radius 2 is 1.04 bits per heavy atom. The molecule has 0 aliphatic heterocycles. The summed E-state index contributed by atoms with van der Waals surface area (Å²) in [6.45, 7) is 12.3. The summed E-state index contributed by atoms with van der Waals surface area (Å²) < 4.78 is 0. The van der Waals surface area contributed by atoms with Gasteiger partial charge in [-0.1, -0.05) is 125 Å². The highest BCUT2D eigenvalue weighted by molar-refractivity contribution is 6.74. The first kappa shape index (κ1) is 21.3. The largest absolute Gasteiger partial charge is 0.176 e. The van der Waals surface area contributed by atoms with Crippen molar-refractivity contribution >= 4 is 12.2 Å². The van der Waals surface area contributed by atoms with Crippen LogP contribution in [-0.2, 0) is 0 Å². The fourth-order valence-electron chi connectivity index (χ4n) is 4.26. The Bertz CT molecular complexity index is 426. The second kappa shape index (κ2) is 12.6. The van der Waals surface area contributed by atoms with Crippen molar-refractivity contribution in [3.8, 4) is 0 Å². The van der Waals surface area contributed by atoms with Crippen LogP contribution in [0.3, 0.4) is 0 Å². The second-order valence-electron chi connectivity index (χ2n) is 7.92. The maximum Gasteiger partial charge on any atom is 0.176 e. The van der Waals surface area contributed by atoms with Gasteiger partial charge in [0.25, 0.3) is 0 Å². The molecule has 0 amide bonds. The molecule has 0 N–H and O–H groups in total. The van der Waals surface area contributed by atoms with Crippen LogP contribution in [0, 0.1) is 20.8 Å². The number of aryl methyl sites for hydroxylation is 3. The van der Waals surface area contributed by atoms with Gasteiger partial charge in [-0.05, 0) is 20.8 Å². The van der Waals surface area contributed by atoms with Gasteiger partial charge in [-0.3, -0.25) is 0 Å². The maximum absolute atomic E-state index is 2.39. The summed E-state index contributed by atoms with van der Waals surface area (Å²) >= 11 is 0. The van der Waals surface area contributed by atoms with Gasteiger partial charge < -0.3 is 0 Å². The molecule has 0 aromatic heterocycles. The number of hydrogen-bond donors (Lipinski definition) is 0. The summed E-state index contributed by atoms with van der Waals surface area (Å²) in [6, 6.07) is 4.78. The fourth-order valence-corrected chi connectivity index (χ4v) is 4.26. The van der Waals surface area contributed by atoms with Crippen LogP contribution in [0.5, 0.6) is 0 Å². The van der Waals surface area contributed by atoms with Gasteiger partial charge in [0.2, 0.25) is 0 Å². The van der Waals surface area contributed by atoms with Crippen LogP contribution in [0.1, 0.15) is 94.7 Å². The van der Waals surface area contributed by atoms with E-state index in [9.17, 15) is 0 Å². The first-order valence-electron chi connectivity index (χ1n) is 10.7. The average molecular weight is 328 g/mol. The van der Waals surface area contributed by atoms with E-state index in [2.05, 4.69) is 46.8 Å². The Kier molecular flexibility index (Phi) is 11.2. The normalized spacial score (nSPS) is 11.0. The summed E-state index contributed by atoms with van der Waals surface area (Å²) in [7, 11) is 0. The third kappa shape index (κ3) is 7.91. The molecule has 0 nitrogen and oxygen atoms in total. The number of benzene rings is 1. The summed E-state index contributed by atoms with van der Waals surface area (Å²) in [5, 5.41) is 0. The van der Waals surface area contributed by atoms with E-state index in [1.807, 2.05) is 0 Å². The highest BCUT2D eigenvalue weighted by atomic mass is 14.1. The van der Waals surface area contributed by atoms with E-state index in [0.717, 1.165) is 6.71 Å². The van der Waals surface area contributed by atoms with Crippen LogP contribution >= 0.6 is 0 Å². The van der Waals surface area contributed by atoms with Crippen molar-refractivity contribution in [1.29, 1.82) is 0 Å². The lowest BCUT2D eigenvalue weighted by molar-refractivity contribution is 0.622. The highest BCUT2D eigenvalue weighted by Gasteiger charge is 2.20. The standard InChI is InChI=1S/C23H41B/c1-6-8-10-12-13-15-17-24(16-14-11-9-7-2)23-21(4)18-20(3)19-22(23)5/h18-19H,6-17H2,1-5H3. The van der Waals surface area contributed by atoms with Crippen LogP contribution in [0.15, 0.2) is 12.1 Å². The van der Waals surface area contributed by atoms with Crippen molar-refractivity contribution in [2.24, 2.45) is 0 Å². The molecule has 0 atom stereocenters. The van der Waals surface area contributed by atoms with Gasteiger partial charge in [0.15, 0.2) is 6.71 Å². The SMILES string of the molecule is CCCCCCCCB(CCCCCC)c1c(C)cc(C)cc1C. The molecule has 1 rings (SSSR count). The molecule has 0 heterocycles. The Morgan fingerprint density at radius 3 is 1.54 bits per heavy atom. The highest BCUT2D eigenvalue weighted by Crippen LogP contribution is 2.18. The molecular weight excluding hydrogens is 287 g/mol. The lowest BCUT2D eigenvalue weighted by atomic mass is 9.38. The molecule has 0 saturated heterocycles. The van der Waals surface area contributed by atoms with Crippen molar-refractivity contribution in [2.45, 2.75) is 111 Å². The Balaban J connectivity index is 2.64. The molecule has 0 bridgehead atoms. The van der Waals surface area contributed by atoms with Crippen molar-refractivity contribution in [1.82, 2.24) is 0 Å². The molecule has 1 heteroatoms. The first-order chi connectivity index (χ1) is 11.6. The van der Waals surface area contributed by atoms with Gasteiger partial charge in [0.05, 0.1) is 0 Å². The summed E-state index contributed by atoms with van der Waals surface area (Å²) in [5.74, 6) is 0. The zero-order valence-corrected chi connectivity index (χ0v) is 17.2. The van der Waals surface area contributed by atoms with Gasteiger partial charge in [0.1, 0.15) is 0 Å². The molecule has 0 saturated carbocycles. The minimum Gasteiger partial charge on any atom is -0.0743 e. The smallest absolute Gasteiger partial charge is 0.0743 e. The van der Waals surface area contributed by atoms with Crippen LogP contribution < -0.4 is 5.46 Å². The molecule has 0 aliphatic carbocycles. The Morgan fingerprint density at radius 1 is 0.625 bits per heavy atom. The minimum absolute atomic E-state index is 0.786. The van der Waals surface area contributed by atoms with E-state index in [1.165, 1.54) is 93.5 Å². The van der Waals surface area contributed by atoms with Crippen molar-refractivity contribution in [2.75, 3.05) is 0 Å². The van der Waals surface area contributed by atoms with E-state index in [4.69, 9.17) is 0 Å². The lowest BCUT2D eigenvalue weighted by Gasteiger charge is -2.20. The van der Waals surface area contributed by atoms with Crippen LogP contribution in [0.4, 0.5) is 0 Å². The third-order valence-electron chi connectivity index (χ3n) is 5.46. The van der Waals surface area contributed by atoms with Crippen molar-refractivity contribution < 1.29 is 0 Å². The lowest BCUT2D eigenvalue weighted by Crippen LogP contribution is -2.34. The molecule has 136 valence electrons. The zero-order valence-electron chi connectivity index (χ0n) is 17.2. The van der Waals surface area contributed by atoms with Crippen molar-refractivity contribution in [3.05, 3.63) is 28.8 Å². The number of rotatable bonds is 13. The van der Waals surface area contributed by atoms with E-state index in [1.54, 1.807) is 5.46 Å². The van der Waals surface area contributed by atoms with Crippen LogP contribution in [0.2, 0.25) is 12.6 Å². The molecule has 0 unspecified atom stereocenters. The molecule has 0 radical (unpaired) electrons. The zero-order chi connectivity index (χ0) is 17.8. The monoisotopic (exact) mass is 328 g/mol. The number of hydrogen-bond acceptors (Lipinski definition) is 0. The van der Waals surface area contributed by atoms with Crippen LogP contribution in [0.25, 0.3) is 0 Å². The number of unbranched alkanes of at least 4 members (excludes halogenated alkanes) is 8. The van der Waals surface area contributed by atoms with E-state index < -0.39 is 0 Å². The molecule has 24 heavy (non-hydrogen) atoms. The van der Waals surface area contributed by atoms with Gasteiger partial charge in [-0.2, -0.15) is 0 Å². The Hall–Kier alpha value is -0.715. The molecular formula is C23H41B. The minimum atomic E-state index is 0.786. The molecule has 1 aromatic rings. The van der Waals surface area contributed by atoms with Crippen molar-refractivity contribution in [3.63, 3.8) is 0 Å².